The summed E-state index contributed by atoms with van der Waals surface area (Å²) in [4.78, 5) is 27.5. The first-order chi connectivity index (χ1) is 15.3. The monoisotopic (exact) mass is 438 g/mol. The number of nitrogens with zero attached hydrogens (tertiary/aromatic N) is 4. The number of nitrogens with two attached hydrogens (primary N) is 1. The number of carbonyl (C=O) groups excluding carboxylic acids is 1. The van der Waals surface area contributed by atoms with Crippen LogP contribution in [-0.4, -0.2) is 53.2 Å². The van der Waals surface area contributed by atoms with Gasteiger partial charge in [-0.1, -0.05) is 0 Å². The van der Waals surface area contributed by atoms with Crippen LogP contribution in [0.4, 0.5) is 16.4 Å². The summed E-state index contributed by atoms with van der Waals surface area (Å²) in [5.41, 5.74) is 8.80. The number of fused-ring (bicyclic) bond motifs is 1. The van der Waals surface area contributed by atoms with E-state index in [2.05, 4.69) is 29.1 Å². The Kier molecular flexibility index (Phi) is 6.27. The highest BCUT2D eigenvalue weighted by atomic mass is 16.6. The zero-order chi connectivity index (χ0) is 22.8. The lowest BCUT2D eigenvalue weighted by molar-refractivity contribution is -0.0361. The highest BCUT2D eigenvalue weighted by Crippen LogP contribution is 2.27. The Labute approximate surface area is 187 Å². The fourth-order valence-electron chi connectivity index (χ4n) is 4.12. The van der Waals surface area contributed by atoms with Gasteiger partial charge in [-0.25, -0.2) is 14.8 Å². The van der Waals surface area contributed by atoms with Crippen molar-refractivity contribution in [3.63, 3.8) is 0 Å². The Bertz CT molecular complexity index is 1050. The minimum Gasteiger partial charge on any atom is -0.447 e. The van der Waals surface area contributed by atoms with Gasteiger partial charge in [0.15, 0.2) is 0 Å². The molecule has 0 radical (unpaired) electrons. The highest BCUT2D eigenvalue weighted by molar-refractivity contribution is 5.93. The van der Waals surface area contributed by atoms with Gasteiger partial charge in [-0.15, -0.1) is 0 Å². The second-order valence-corrected chi connectivity index (χ2v) is 8.62. The summed E-state index contributed by atoms with van der Waals surface area (Å²) in [6, 6.07) is 5.79. The minimum atomic E-state index is -0.346. The van der Waals surface area contributed by atoms with Crippen LogP contribution in [0.2, 0.25) is 0 Å². The highest BCUT2D eigenvalue weighted by Gasteiger charge is 2.31. The molecule has 2 aliphatic rings. The fraction of sp³-hybridized carbons (Fsp3) is 0.478. The van der Waals surface area contributed by atoms with Gasteiger partial charge in [0.2, 0.25) is 5.95 Å². The van der Waals surface area contributed by atoms with E-state index in [-0.39, 0.29) is 30.4 Å². The first kappa shape index (κ1) is 22.0. The van der Waals surface area contributed by atoms with E-state index in [4.69, 9.17) is 20.2 Å². The Morgan fingerprint density at radius 1 is 1.28 bits per heavy atom. The quantitative estimate of drug-likeness (QED) is 0.685. The number of anilines is 2. The van der Waals surface area contributed by atoms with Crippen LogP contribution in [-0.2, 0) is 9.47 Å². The summed E-state index contributed by atoms with van der Waals surface area (Å²) in [6.07, 6.45) is 5.29. The summed E-state index contributed by atoms with van der Waals surface area (Å²) < 4.78 is 10.9. The summed E-state index contributed by atoms with van der Waals surface area (Å²) in [7, 11) is 0. The van der Waals surface area contributed by atoms with Crippen molar-refractivity contribution in [1.82, 2.24) is 9.97 Å². The molecule has 2 saturated heterocycles. The molecule has 4 atom stereocenters. The number of carbonyl (C=O) groups is 1. The Morgan fingerprint density at radius 2 is 2.03 bits per heavy atom. The van der Waals surface area contributed by atoms with Crippen LogP contribution in [0.15, 0.2) is 40.8 Å². The number of aliphatic imine (C=N–C) groups is 1. The van der Waals surface area contributed by atoms with E-state index in [9.17, 15) is 4.79 Å². The van der Waals surface area contributed by atoms with Gasteiger partial charge in [0.25, 0.3) is 0 Å². The number of rotatable bonds is 5. The van der Waals surface area contributed by atoms with E-state index >= 15 is 0 Å². The molecule has 2 aromatic rings. The predicted molar refractivity (Wildman–Crippen MR) is 125 cm³/mol. The van der Waals surface area contributed by atoms with Gasteiger partial charge in [-0.05, 0) is 58.7 Å². The average Bonchev–Trinajstić information content (AvgIpc) is 3.07. The van der Waals surface area contributed by atoms with Crippen molar-refractivity contribution in [2.24, 2.45) is 10.7 Å². The Balaban J connectivity index is 1.54. The van der Waals surface area contributed by atoms with E-state index in [0.29, 0.717) is 29.5 Å². The van der Waals surface area contributed by atoms with E-state index < -0.39 is 0 Å². The number of hydrogen-bond acceptors (Lipinski definition) is 8. The third-order valence-electron chi connectivity index (χ3n) is 5.69. The molecule has 2 fully saturated rings. The molecular weight excluding hydrogens is 408 g/mol. The summed E-state index contributed by atoms with van der Waals surface area (Å²) >= 11 is 0. The first-order valence-electron chi connectivity index (χ1n) is 10.9. The lowest BCUT2D eigenvalue weighted by atomic mass is 10.0. The number of allylic oxidation sites excluding steroid dienone is 2. The van der Waals surface area contributed by atoms with Crippen LogP contribution in [0.3, 0.4) is 0 Å². The number of aromatic nitrogens is 2. The normalized spacial score (nSPS) is 27.0. The van der Waals surface area contributed by atoms with Crippen molar-refractivity contribution in [3.05, 3.63) is 35.8 Å². The zero-order valence-electron chi connectivity index (χ0n) is 18.9. The molecule has 1 amide bonds. The third kappa shape index (κ3) is 4.83. The number of amides is 1. The molecule has 0 spiro atoms. The van der Waals surface area contributed by atoms with Gasteiger partial charge in [0, 0.05) is 29.2 Å². The Morgan fingerprint density at radius 3 is 2.69 bits per heavy atom. The summed E-state index contributed by atoms with van der Waals surface area (Å²) in [5, 5.41) is 4.05. The van der Waals surface area contributed by atoms with Crippen molar-refractivity contribution < 1.29 is 14.3 Å². The fourth-order valence-corrected chi connectivity index (χ4v) is 4.12. The van der Waals surface area contributed by atoms with Gasteiger partial charge in [-0.3, -0.25) is 9.89 Å². The van der Waals surface area contributed by atoms with Gasteiger partial charge in [0.1, 0.15) is 6.61 Å². The van der Waals surface area contributed by atoms with Crippen LogP contribution in [0, 0.1) is 0 Å². The topological polar surface area (TPSA) is 115 Å². The molecule has 3 N–H and O–H groups in total. The standard InChI is InChI=1S/C23H30N6O3/c1-13-12-31-23(30)29(13)19-6-5-17-10-26-22(27-20(17)9-19)28-21(16(4)24)11-25-18-7-14(2)32-15(3)8-18/h5-6,9-11,13-15,18H,7-8,12,24H2,1-4H3,(H,26,27,28)/b21-16+,25-11?/t13-,14-,15+,18?/m0/s1. The number of benzene rings is 1. The SMILES string of the molecule is C/C(N)=C(/C=NC1C[C@@H](C)O[C@@H](C)C1)Nc1ncc2ccc(N3C(=O)OC[C@@H]3C)cc2n1. The van der Waals surface area contributed by atoms with E-state index in [0.717, 1.165) is 23.9 Å². The molecular formula is C23H30N6O3. The maximum Gasteiger partial charge on any atom is 0.414 e. The second kappa shape index (κ2) is 9.12. The number of nitrogens with one attached hydrogen (secondary N) is 1. The molecule has 2 aliphatic heterocycles. The van der Waals surface area contributed by atoms with E-state index in [1.54, 1.807) is 17.3 Å². The lowest BCUT2D eigenvalue weighted by Gasteiger charge is -2.29. The molecule has 0 saturated carbocycles. The Hall–Kier alpha value is -3.20. The van der Waals surface area contributed by atoms with Crippen LogP contribution >= 0.6 is 0 Å². The van der Waals surface area contributed by atoms with Gasteiger partial charge >= 0.3 is 6.09 Å². The molecule has 9 heteroatoms. The maximum absolute atomic E-state index is 12.1. The van der Waals surface area contributed by atoms with Gasteiger partial charge in [0.05, 0.1) is 35.5 Å². The van der Waals surface area contributed by atoms with Gasteiger partial charge in [-0.2, -0.15) is 0 Å². The van der Waals surface area contributed by atoms with Crippen LogP contribution in [0.1, 0.15) is 40.5 Å². The molecule has 9 nitrogen and oxygen atoms in total. The molecule has 1 unspecified atom stereocenters. The molecule has 170 valence electrons. The molecule has 1 aromatic heterocycles. The van der Waals surface area contributed by atoms with Crippen LogP contribution in [0.5, 0.6) is 0 Å². The predicted octanol–water partition coefficient (Wildman–Crippen LogP) is 3.60. The molecule has 0 aliphatic carbocycles. The van der Waals surface area contributed by atoms with Crippen LogP contribution < -0.4 is 16.0 Å². The largest absolute Gasteiger partial charge is 0.447 e. The van der Waals surface area contributed by atoms with Crippen LogP contribution in [0.25, 0.3) is 10.9 Å². The molecule has 1 aromatic carbocycles. The summed E-state index contributed by atoms with van der Waals surface area (Å²) in [6.45, 7) is 8.27. The van der Waals surface area contributed by atoms with E-state index in [1.165, 1.54) is 0 Å². The van der Waals surface area contributed by atoms with Gasteiger partial charge < -0.3 is 20.5 Å². The lowest BCUT2D eigenvalue weighted by Crippen LogP contribution is -2.31. The van der Waals surface area contributed by atoms with Crippen molar-refractivity contribution in [1.29, 1.82) is 0 Å². The molecule has 32 heavy (non-hydrogen) atoms. The zero-order valence-corrected chi connectivity index (χ0v) is 18.9. The van der Waals surface area contributed by atoms with Crippen molar-refractivity contribution >= 4 is 34.8 Å². The maximum atomic E-state index is 12.1. The van der Waals surface area contributed by atoms with Crippen molar-refractivity contribution in [3.8, 4) is 0 Å². The number of hydrogen-bond donors (Lipinski definition) is 2. The molecule has 0 bridgehead atoms. The minimum absolute atomic E-state index is 0.0272. The third-order valence-corrected chi connectivity index (χ3v) is 5.69. The van der Waals surface area contributed by atoms with Crippen molar-refractivity contribution in [2.45, 2.75) is 64.8 Å². The first-order valence-corrected chi connectivity index (χ1v) is 10.9. The number of cyclic esters (lactones) is 1. The second-order valence-electron chi connectivity index (χ2n) is 8.62. The smallest absolute Gasteiger partial charge is 0.414 e. The van der Waals surface area contributed by atoms with E-state index in [1.807, 2.05) is 32.0 Å². The van der Waals surface area contributed by atoms with Crippen molar-refractivity contribution in [2.75, 3.05) is 16.8 Å². The average molecular weight is 439 g/mol. The molecule has 3 heterocycles. The summed E-state index contributed by atoms with van der Waals surface area (Å²) in [5.74, 6) is 0.409. The number of ether oxygens (including phenoxy) is 2. The molecule has 4 rings (SSSR count).